The number of aryl methyl sites for hydroxylation is 2. The van der Waals surface area contributed by atoms with Crippen LogP contribution in [0.2, 0.25) is 0 Å². The fraction of sp³-hybridized carbons (Fsp3) is 0.286. The highest BCUT2D eigenvalue weighted by Crippen LogP contribution is 2.11. The number of nitrogens with one attached hydrogen (secondary N) is 2. The van der Waals surface area contributed by atoms with E-state index in [0.717, 1.165) is 11.3 Å². The van der Waals surface area contributed by atoms with Crippen molar-refractivity contribution < 1.29 is 13.7 Å². The number of aromatic nitrogens is 1. The molecule has 0 fully saturated rings. The highest BCUT2D eigenvalue weighted by molar-refractivity contribution is 5.73. The molecule has 1 heterocycles. The molecule has 0 aliphatic rings. The van der Waals surface area contributed by atoms with Gasteiger partial charge in [0.1, 0.15) is 11.6 Å². The molecular formula is C14H16FN3O2. The van der Waals surface area contributed by atoms with Crippen molar-refractivity contribution in [2.75, 3.05) is 0 Å². The number of carbonyl (C=O) groups excluding carboxylic acids is 1. The Morgan fingerprint density at radius 1 is 1.30 bits per heavy atom. The third-order valence-corrected chi connectivity index (χ3v) is 2.95. The van der Waals surface area contributed by atoms with Crippen LogP contribution in [0, 0.1) is 19.7 Å². The number of carbonyl (C=O) groups is 1. The lowest BCUT2D eigenvalue weighted by Crippen LogP contribution is -2.34. The quantitative estimate of drug-likeness (QED) is 0.902. The van der Waals surface area contributed by atoms with Gasteiger partial charge in [-0.3, -0.25) is 0 Å². The van der Waals surface area contributed by atoms with Crippen LogP contribution in [0.5, 0.6) is 0 Å². The van der Waals surface area contributed by atoms with Crippen LogP contribution in [0.25, 0.3) is 0 Å². The standard InChI is InChI=1S/C14H16FN3O2/c1-9-13(10(2)20-18-9)8-17-14(19)16-7-11-4-3-5-12(15)6-11/h3-6H,7-8H2,1-2H3,(H2,16,17,19). The van der Waals surface area contributed by atoms with Crippen LogP contribution < -0.4 is 10.6 Å². The summed E-state index contributed by atoms with van der Waals surface area (Å²) in [6.07, 6.45) is 0. The lowest BCUT2D eigenvalue weighted by atomic mass is 10.2. The molecule has 2 rings (SSSR count). The zero-order valence-corrected chi connectivity index (χ0v) is 11.4. The Kier molecular flexibility index (Phi) is 4.34. The van der Waals surface area contributed by atoms with Gasteiger partial charge in [-0.25, -0.2) is 9.18 Å². The van der Waals surface area contributed by atoms with Gasteiger partial charge in [-0.05, 0) is 31.5 Å². The zero-order valence-electron chi connectivity index (χ0n) is 11.4. The van der Waals surface area contributed by atoms with Crippen LogP contribution in [-0.2, 0) is 13.1 Å². The Hall–Kier alpha value is -2.37. The predicted molar refractivity (Wildman–Crippen MR) is 71.5 cm³/mol. The van der Waals surface area contributed by atoms with Crippen molar-refractivity contribution in [3.63, 3.8) is 0 Å². The fourth-order valence-electron chi connectivity index (χ4n) is 1.81. The Morgan fingerprint density at radius 3 is 2.70 bits per heavy atom. The van der Waals surface area contributed by atoms with E-state index in [0.29, 0.717) is 17.9 Å². The van der Waals surface area contributed by atoms with Gasteiger partial charge in [-0.15, -0.1) is 0 Å². The first-order valence-corrected chi connectivity index (χ1v) is 6.24. The number of urea groups is 1. The maximum atomic E-state index is 13.0. The molecule has 20 heavy (non-hydrogen) atoms. The summed E-state index contributed by atoms with van der Waals surface area (Å²) in [7, 11) is 0. The van der Waals surface area contributed by atoms with Crippen molar-refractivity contribution in [3.05, 3.63) is 52.7 Å². The molecule has 1 aromatic heterocycles. The molecule has 0 saturated carbocycles. The molecule has 1 aromatic carbocycles. The molecule has 2 N–H and O–H groups in total. The molecule has 2 amide bonds. The van der Waals surface area contributed by atoms with Gasteiger partial charge >= 0.3 is 6.03 Å². The fourth-order valence-corrected chi connectivity index (χ4v) is 1.81. The summed E-state index contributed by atoms with van der Waals surface area (Å²) in [4.78, 5) is 11.7. The van der Waals surface area contributed by atoms with Gasteiger partial charge < -0.3 is 15.2 Å². The molecule has 2 aromatic rings. The molecule has 0 radical (unpaired) electrons. The number of halogens is 1. The van der Waals surface area contributed by atoms with E-state index in [1.807, 2.05) is 6.92 Å². The highest BCUT2D eigenvalue weighted by Gasteiger charge is 2.10. The van der Waals surface area contributed by atoms with Crippen molar-refractivity contribution >= 4 is 6.03 Å². The van der Waals surface area contributed by atoms with Crippen molar-refractivity contribution in [1.82, 2.24) is 15.8 Å². The van der Waals surface area contributed by atoms with Crippen molar-refractivity contribution in [3.8, 4) is 0 Å². The van der Waals surface area contributed by atoms with Crippen molar-refractivity contribution in [1.29, 1.82) is 0 Å². The summed E-state index contributed by atoms with van der Waals surface area (Å²) < 4.78 is 18.0. The number of rotatable bonds is 4. The van der Waals surface area contributed by atoms with Crippen LogP contribution >= 0.6 is 0 Å². The lowest BCUT2D eigenvalue weighted by Gasteiger charge is -2.07. The first-order valence-electron chi connectivity index (χ1n) is 6.24. The second-order valence-electron chi connectivity index (χ2n) is 4.47. The molecule has 6 heteroatoms. The number of hydrogen-bond donors (Lipinski definition) is 2. The van der Waals surface area contributed by atoms with Gasteiger partial charge in [0.2, 0.25) is 0 Å². The topological polar surface area (TPSA) is 67.2 Å². The van der Waals surface area contributed by atoms with Crippen molar-refractivity contribution in [2.24, 2.45) is 0 Å². The molecule has 0 aliphatic heterocycles. The van der Waals surface area contributed by atoms with E-state index < -0.39 is 0 Å². The largest absolute Gasteiger partial charge is 0.361 e. The Balaban J connectivity index is 1.81. The maximum Gasteiger partial charge on any atom is 0.315 e. The smallest absolute Gasteiger partial charge is 0.315 e. The molecule has 0 spiro atoms. The first-order chi connectivity index (χ1) is 9.56. The van der Waals surface area contributed by atoms with E-state index in [1.54, 1.807) is 19.1 Å². The van der Waals surface area contributed by atoms with Gasteiger partial charge in [0, 0.05) is 18.7 Å². The van der Waals surface area contributed by atoms with Crippen molar-refractivity contribution in [2.45, 2.75) is 26.9 Å². The molecule has 0 unspecified atom stereocenters. The van der Waals surface area contributed by atoms with E-state index >= 15 is 0 Å². The molecule has 0 aliphatic carbocycles. The van der Waals surface area contributed by atoms with E-state index in [-0.39, 0.29) is 18.4 Å². The average molecular weight is 277 g/mol. The summed E-state index contributed by atoms with van der Waals surface area (Å²) in [6, 6.07) is 5.77. The summed E-state index contributed by atoms with van der Waals surface area (Å²) >= 11 is 0. The second-order valence-corrected chi connectivity index (χ2v) is 4.47. The molecular weight excluding hydrogens is 261 g/mol. The molecule has 0 saturated heterocycles. The number of benzene rings is 1. The minimum Gasteiger partial charge on any atom is -0.361 e. The number of nitrogens with zero attached hydrogens (tertiary/aromatic N) is 1. The Labute approximate surface area is 116 Å². The van der Waals surface area contributed by atoms with E-state index in [4.69, 9.17) is 4.52 Å². The van der Waals surface area contributed by atoms with Gasteiger partial charge in [-0.1, -0.05) is 17.3 Å². The van der Waals surface area contributed by atoms with Gasteiger partial charge in [-0.2, -0.15) is 0 Å². The van der Waals surface area contributed by atoms with Crippen LogP contribution in [0.3, 0.4) is 0 Å². The first kappa shape index (κ1) is 14.0. The molecule has 5 nitrogen and oxygen atoms in total. The normalized spacial score (nSPS) is 10.3. The summed E-state index contributed by atoms with van der Waals surface area (Å²) in [5, 5.41) is 9.18. The van der Waals surface area contributed by atoms with Crippen LogP contribution in [-0.4, -0.2) is 11.2 Å². The molecule has 0 atom stereocenters. The van der Waals surface area contributed by atoms with Gasteiger partial charge in [0.15, 0.2) is 0 Å². The van der Waals surface area contributed by atoms with Gasteiger partial charge in [0.05, 0.1) is 5.69 Å². The SMILES string of the molecule is Cc1noc(C)c1CNC(=O)NCc1cccc(F)c1. The maximum absolute atomic E-state index is 13.0. The van der Waals surface area contributed by atoms with Crippen LogP contribution in [0.4, 0.5) is 9.18 Å². The minimum absolute atomic E-state index is 0.269. The monoisotopic (exact) mass is 277 g/mol. The highest BCUT2D eigenvalue weighted by atomic mass is 19.1. The zero-order chi connectivity index (χ0) is 14.5. The number of hydrogen-bond acceptors (Lipinski definition) is 3. The third-order valence-electron chi connectivity index (χ3n) is 2.95. The Morgan fingerprint density at radius 2 is 2.05 bits per heavy atom. The molecule has 0 bridgehead atoms. The van der Waals surface area contributed by atoms with E-state index in [9.17, 15) is 9.18 Å². The Bertz CT molecular complexity index is 591. The summed E-state index contributed by atoms with van der Waals surface area (Å²) in [6.45, 7) is 4.22. The summed E-state index contributed by atoms with van der Waals surface area (Å²) in [5.74, 6) is 0.369. The predicted octanol–water partition coefficient (Wildman–Crippen LogP) is 2.43. The van der Waals surface area contributed by atoms with E-state index in [2.05, 4.69) is 15.8 Å². The average Bonchev–Trinajstić information content (AvgIpc) is 2.74. The number of amides is 2. The minimum atomic E-state index is -0.325. The second kappa shape index (κ2) is 6.18. The van der Waals surface area contributed by atoms with Gasteiger partial charge in [0.25, 0.3) is 0 Å². The summed E-state index contributed by atoms with van der Waals surface area (Å²) in [5.41, 5.74) is 2.33. The molecule has 106 valence electrons. The van der Waals surface area contributed by atoms with Crippen LogP contribution in [0.15, 0.2) is 28.8 Å². The van der Waals surface area contributed by atoms with E-state index in [1.165, 1.54) is 12.1 Å². The van der Waals surface area contributed by atoms with Crippen LogP contribution in [0.1, 0.15) is 22.6 Å². The third kappa shape index (κ3) is 3.57. The lowest BCUT2D eigenvalue weighted by molar-refractivity contribution is 0.240.